The van der Waals surface area contributed by atoms with Gasteiger partial charge in [0.1, 0.15) is 18.8 Å². The van der Waals surface area contributed by atoms with Crippen molar-refractivity contribution in [1.82, 2.24) is 20.1 Å². The monoisotopic (exact) mass is 409 g/mol. The summed E-state index contributed by atoms with van der Waals surface area (Å²) >= 11 is 0. The summed E-state index contributed by atoms with van der Waals surface area (Å²) < 4.78 is 58.0. The van der Waals surface area contributed by atoms with Crippen molar-refractivity contribution in [2.45, 2.75) is 37.7 Å². The number of benzene rings is 1. The maximum atomic E-state index is 14.7. The molecule has 2 heterocycles. The second-order valence-corrected chi connectivity index (χ2v) is 6.88. The highest BCUT2D eigenvalue weighted by Crippen LogP contribution is 2.45. The summed E-state index contributed by atoms with van der Waals surface area (Å²) in [6.07, 6.45) is -2.31. The molecular formula is C18H15F4N5O2. The minimum Gasteiger partial charge on any atom is -0.388 e. The molecule has 0 spiro atoms. The fourth-order valence-electron chi connectivity index (χ4n) is 3.03. The quantitative estimate of drug-likeness (QED) is 0.536. The van der Waals surface area contributed by atoms with Crippen LogP contribution in [0.3, 0.4) is 0 Å². The second kappa shape index (κ2) is 6.73. The highest BCUT2D eigenvalue weighted by Gasteiger charge is 2.59. The molecule has 1 aliphatic heterocycles. The highest BCUT2D eigenvalue weighted by molar-refractivity contribution is 5.95. The third kappa shape index (κ3) is 3.51. The van der Waals surface area contributed by atoms with Gasteiger partial charge in [-0.2, -0.15) is 18.3 Å². The average Bonchev–Trinajstić information content (AvgIpc) is 3.37. The van der Waals surface area contributed by atoms with Crippen LogP contribution in [0.4, 0.5) is 28.0 Å². The van der Waals surface area contributed by atoms with E-state index in [0.717, 1.165) is 12.1 Å². The molecule has 3 N–H and O–H groups in total. The van der Waals surface area contributed by atoms with E-state index in [9.17, 15) is 22.4 Å². The molecule has 1 fully saturated rings. The van der Waals surface area contributed by atoms with Crippen LogP contribution in [0, 0.1) is 23.6 Å². The van der Waals surface area contributed by atoms with E-state index in [1.165, 1.54) is 11.0 Å². The minimum atomic E-state index is -4.96. The van der Waals surface area contributed by atoms with Crippen molar-refractivity contribution in [3.63, 3.8) is 0 Å². The van der Waals surface area contributed by atoms with E-state index in [-0.39, 0.29) is 29.5 Å². The van der Waals surface area contributed by atoms with Crippen molar-refractivity contribution < 1.29 is 27.5 Å². The molecule has 7 nitrogen and oxygen atoms in total. The van der Waals surface area contributed by atoms with E-state index in [1.807, 2.05) is 5.32 Å². The maximum Gasteiger partial charge on any atom is 0.427 e. The topological polar surface area (TPSA) is 92.1 Å². The molecule has 4 rings (SSSR count). The van der Waals surface area contributed by atoms with Crippen LogP contribution in [-0.2, 0) is 18.7 Å². The molecule has 1 saturated carbocycles. The Morgan fingerprint density at radius 1 is 1.34 bits per heavy atom. The number of carbonyl (C=O) groups is 1. The Kier molecular flexibility index (Phi) is 4.46. The molecule has 1 aromatic carbocycles. The summed E-state index contributed by atoms with van der Waals surface area (Å²) in [5.41, 5.74) is -3.69. The number of halogens is 4. The molecule has 2 aromatic rings. The number of carbonyl (C=O) groups excluding carboxylic acids is 1. The van der Waals surface area contributed by atoms with Crippen LogP contribution in [0.25, 0.3) is 0 Å². The fourth-order valence-corrected chi connectivity index (χ4v) is 3.03. The SMILES string of the molecule is O=C1Nc2cc(Cn3cnc(CO)n3)c(F)cc2[C@@](C#CC2CC2)(C(F)(F)F)N1. The Balaban J connectivity index is 1.79. The van der Waals surface area contributed by atoms with Crippen molar-refractivity contribution in [2.24, 2.45) is 5.92 Å². The number of alkyl halides is 3. The van der Waals surface area contributed by atoms with E-state index in [1.54, 1.807) is 0 Å². The standard InChI is InChI=1S/C18H15F4N5O2/c19-13-6-12-14(5-11(13)7-27-9-23-15(8-28)26-27)24-16(29)25-17(12,18(20,21)22)4-3-10-1-2-10/h5-6,9-10,28H,1-2,7-8H2,(H2,24,25,29)/t17-/m0/s1. The average molecular weight is 409 g/mol. The molecule has 1 aliphatic carbocycles. The highest BCUT2D eigenvalue weighted by atomic mass is 19.4. The van der Waals surface area contributed by atoms with Crippen molar-refractivity contribution >= 4 is 11.7 Å². The first-order valence-corrected chi connectivity index (χ1v) is 8.72. The summed E-state index contributed by atoms with van der Waals surface area (Å²) in [5.74, 6) is 3.75. The number of hydrogen-bond donors (Lipinski definition) is 3. The molecule has 1 aromatic heterocycles. The first kappa shape index (κ1) is 19.2. The molecule has 29 heavy (non-hydrogen) atoms. The maximum absolute atomic E-state index is 14.7. The number of rotatable bonds is 3. The number of fused-ring (bicyclic) bond motifs is 1. The van der Waals surface area contributed by atoms with E-state index < -0.39 is 35.7 Å². The molecule has 152 valence electrons. The predicted octanol–water partition coefficient (Wildman–Crippen LogP) is 2.26. The van der Waals surface area contributed by atoms with E-state index in [2.05, 4.69) is 27.2 Å². The summed E-state index contributed by atoms with van der Waals surface area (Å²) in [7, 11) is 0. The second-order valence-electron chi connectivity index (χ2n) is 6.88. The van der Waals surface area contributed by atoms with Gasteiger partial charge in [0.2, 0.25) is 5.54 Å². The van der Waals surface area contributed by atoms with Crippen LogP contribution < -0.4 is 10.6 Å². The summed E-state index contributed by atoms with van der Waals surface area (Å²) in [6.45, 7) is -0.558. The van der Waals surface area contributed by atoms with Crippen molar-refractivity contribution in [2.75, 3.05) is 5.32 Å². The number of aromatic nitrogens is 3. The smallest absolute Gasteiger partial charge is 0.388 e. The molecular weight excluding hydrogens is 394 g/mol. The Morgan fingerprint density at radius 2 is 2.10 bits per heavy atom. The van der Waals surface area contributed by atoms with Gasteiger partial charge in [-0.15, -0.1) is 0 Å². The zero-order valence-corrected chi connectivity index (χ0v) is 14.8. The third-order valence-corrected chi connectivity index (χ3v) is 4.66. The molecule has 0 bridgehead atoms. The molecule has 11 heteroatoms. The lowest BCUT2D eigenvalue weighted by Gasteiger charge is -2.37. The first-order chi connectivity index (χ1) is 13.7. The van der Waals surface area contributed by atoms with Crippen LogP contribution in [0.15, 0.2) is 18.5 Å². The Hall–Kier alpha value is -3.13. The largest absolute Gasteiger partial charge is 0.427 e. The number of aliphatic hydroxyl groups excluding tert-OH is 1. The number of amides is 2. The van der Waals surface area contributed by atoms with Gasteiger partial charge in [-0.3, -0.25) is 0 Å². The van der Waals surface area contributed by atoms with Gasteiger partial charge in [-0.25, -0.2) is 18.9 Å². The molecule has 0 unspecified atom stereocenters. The van der Waals surface area contributed by atoms with E-state index in [0.29, 0.717) is 12.8 Å². The van der Waals surface area contributed by atoms with Gasteiger partial charge in [0.05, 0.1) is 6.54 Å². The minimum absolute atomic E-state index is 0.00781. The van der Waals surface area contributed by atoms with Crippen molar-refractivity contribution in [1.29, 1.82) is 0 Å². The third-order valence-electron chi connectivity index (χ3n) is 4.66. The lowest BCUT2D eigenvalue weighted by Crippen LogP contribution is -2.59. The zero-order valence-electron chi connectivity index (χ0n) is 14.8. The van der Waals surface area contributed by atoms with Gasteiger partial charge in [0, 0.05) is 22.7 Å². The number of nitrogens with zero attached hydrogens (tertiary/aromatic N) is 3. The van der Waals surface area contributed by atoms with Gasteiger partial charge < -0.3 is 15.7 Å². The number of nitrogens with one attached hydrogen (secondary N) is 2. The summed E-state index contributed by atoms with van der Waals surface area (Å²) in [5, 5.41) is 17.0. The van der Waals surface area contributed by atoms with E-state index in [4.69, 9.17) is 5.11 Å². The predicted molar refractivity (Wildman–Crippen MR) is 91.8 cm³/mol. The van der Waals surface area contributed by atoms with Crippen molar-refractivity contribution in [3.05, 3.63) is 41.2 Å². The fraction of sp³-hybridized carbons (Fsp3) is 0.389. The van der Waals surface area contributed by atoms with E-state index >= 15 is 0 Å². The van der Waals surface area contributed by atoms with Gasteiger partial charge in [0.25, 0.3) is 0 Å². The Labute approximate surface area is 162 Å². The van der Waals surface area contributed by atoms with Crippen LogP contribution in [0.1, 0.15) is 29.8 Å². The van der Waals surface area contributed by atoms with Gasteiger partial charge >= 0.3 is 12.2 Å². The number of anilines is 1. The molecule has 2 aliphatic rings. The van der Waals surface area contributed by atoms with Crippen LogP contribution >= 0.6 is 0 Å². The normalized spacial score (nSPS) is 20.9. The zero-order chi connectivity index (χ0) is 20.8. The molecule has 2 amide bonds. The van der Waals surface area contributed by atoms with Crippen LogP contribution in [-0.4, -0.2) is 32.1 Å². The Morgan fingerprint density at radius 3 is 2.72 bits per heavy atom. The van der Waals surface area contributed by atoms with Crippen molar-refractivity contribution in [3.8, 4) is 11.8 Å². The molecule has 1 atom stereocenters. The Bertz CT molecular complexity index is 1040. The van der Waals surface area contributed by atoms with Gasteiger partial charge in [-0.05, 0) is 25.0 Å². The van der Waals surface area contributed by atoms with Crippen LogP contribution in [0.2, 0.25) is 0 Å². The molecule has 0 saturated heterocycles. The van der Waals surface area contributed by atoms with Gasteiger partial charge in [0.15, 0.2) is 5.82 Å². The number of hydrogen-bond acceptors (Lipinski definition) is 4. The summed E-state index contributed by atoms with van der Waals surface area (Å²) in [4.78, 5) is 15.8. The lowest BCUT2D eigenvalue weighted by molar-refractivity contribution is -0.178. The first-order valence-electron chi connectivity index (χ1n) is 8.72. The van der Waals surface area contributed by atoms with Gasteiger partial charge in [-0.1, -0.05) is 11.8 Å². The van der Waals surface area contributed by atoms with Crippen LogP contribution in [0.5, 0.6) is 0 Å². The summed E-state index contributed by atoms with van der Waals surface area (Å²) in [6, 6.07) is 0.778. The number of aliphatic hydroxyl groups is 1. The molecule has 0 radical (unpaired) electrons. The lowest BCUT2D eigenvalue weighted by atomic mass is 9.85. The number of urea groups is 1.